The van der Waals surface area contributed by atoms with Crippen molar-refractivity contribution < 1.29 is 17.9 Å². The Morgan fingerprint density at radius 1 is 1.53 bits per heavy atom. The first-order valence-corrected chi connectivity index (χ1v) is 6.92. The van der Waals surface area contributed by atoms with Crippen molar-refractivity contribution in [2.45, 2.75) is 0 Å². The van der Waals surface area contributed by atoms with Gasteiger partial charge in [-0.25, -0.2) is 8.42 Å². The highest BCUT2D eigenvalue weighted by molar-refractivity contribution is 9.10. The number of likely N-dealkylation sites (N-methyl/N-ethyl adjacent to an activating group) is 1. The summed E-state index contributed by atoms with van der Waals surface area (Å²) in [4.78, 5) is 11.2. The molecular weight excluding hydrogens is 288 g/mol. The highest BCUT2D eigenvalue weighted by atomic mass is 79.9. The molecule has 90 valence electrons. The third-order valence-electron chi connectivity index (χ3n) is 1.61. The number of alkyl halides is 1. The molecule has 0 saturated heterocycles. The smallest absolute Gasteiger partial charge is 0.235 e. The Kier molecular flexibility index (Phi) is 7.07. The van der Waals surface area contributed by atoms with Gasteiger partial charge in [0.05, 0.1) is 13.2 Å². The second kappa shape index (κ2) is 7.15. The molecule has 1 amide bonds. The first-order valence-electron chi connectivity index (χ1n) is 4.19. The van der Waals surface area contributed by atoms with E-state index in [1.54, 1.807) is 0 Å². The van der Waals surface area contributed by atoms with Gasteiger partial charge in [0.2, 0.25) is 15.9 Å². The van der Waals surface area contributed by atoms with Crippen molar-refractivity contribution >= 4 is 31.9 Å². The highest BCUT2D eigenvalue weighted by Gasteiger charge is 2.18. The maximum Gasteiger partial charge on any atom is 0.235 e. The molecule has 0 aliphatic heterocycles. The van der Waals surface area contributed by atoms with Gasteiger partial charge in [-0.05, 0) is 0 Å². The monoisotopic (exact) mass is 302 g/mol. The van der Waals surface area contributed by atoms with E-state index >= 15 is 0 Å². The number of hydrogen-bond acceptors (Lipinski definition) is 4. The van der Waals surface area contributed by atoms with Crippen LogP contribution in [-0.4, -0.2) is 57.1 Å². The van der Waals surface area contributed by atoms with Crippen LogP contribution in [0.1, 0.15) is 0 Å². The second-order valence-corrected chi connectivity index (χ2v) is 6.20. The summed E-state index contributed by atoms with van der Waals surface area (Å²) in [5.41, 5.74) is 0. The van der Waals surface area contributed by atoms with Crippen LogP contribution in [0.25, 0.3) is 0 Å². The molecule has 1 N–H and O–H groups in total. The quantitative estimate of drug-likeness (QED) is 0.501. The maximum atomic E-state index is 11.2. The Hall–Kier alpha value is -0.180. The summed E-state index contributed by atoms with van der Waals surface area (Å²) in [5, 5.41) is 2.53. The van der Waals surface area contributed by atoms with E-state index in [0.717, 1.165) is 4.31 Å². The molecule has 0 unspecified atom stereocenters. The molecular formula is C7H15BrN2O4S. The number of rotatable bonds is 7. The summed E-state index contributed by atoms with van der Waals surface area (Å²) < 4.78 is 28.0. The van der Waals surface area contributed by atoms with Crippen molar-refractivity contribution in [1.82, 2.24) is 9.62 Å². The number of carbonyl (C=O) groups excluding carboxylic acids is 1. The van der Waals surface area contributed by atoms with E-state index in [-0.39, 0.29) is 17.1 Å². The van der Waals surface area contributed by atoms with Crippen LogP contribution >= 0.6 is 15.9 Å². The summed E-state index contributed by atoms with van der Waals surface area (Å²) in [6.07, 6.45) is 0. The number of sulfonamides is 1. The number of nitrogens with zero attached hydrogens (tertiary/aromatic N) is 1. The Morgan fingerprint density at radius 3 is 2.60 bits per heavy atom. The summed E-state index contributed by atoms with van der Waals surface area (Å²) in [5.74, 6) is -0.348. The summed E-state index contributed by atoms with van der Waals surface area (Å²) in [6, 6.07) is 0. The Bertz CT molecular complexity index is 293. The third kappa shape index (κ3) is 6.08. The van der Waals surface area contributed by atoms with Crippen LogP contribution in [0.4, 0.5) is 0 Å². The second-order valence-electron chi connectivity index (χ2n) is 2.82. The van der Waals surface area contributed by atoms with Gasteiger partial charge in [0.15, 0.2) is 0 Å². The van der Waals surface area contributed by atoms with Gasteiger partial charge in [0.1, 0.15) is 4.66 Å². The lowest BCUT2D eigenvalue weighted by Gasteiger charge is -2.14. The molecule has 0 rings (SSSR count). The summed E-state index contributed by atoms with van der Waals surface area (Å²) >= 11 is 2.84. The third-order valence-corrected chi connectivity index (χ3v) is 4.70. The number of amides is 1. The standard InChI is InChI=1S/C7H15BrN2O4S/c1-10(15(12,13)6-8)5-7(11)9-3-4-14-2/h3-6H2,1-2H3,(H,9,11). The zero-order valence-corrected chi connectivity index (χ0v) is 11.1. The molecule has 0 aromatic carbocycles. The predicted octanol–water partition coefficient (Wildman–Crippen LogP) is -0.637. The molecule has 0 atom stereocenters. The fraction of sp³-hybridized carbons (Fsp3) is 0.857. The van der Waals surface area contributed by atoms with E-state index in [0.29, 0.717) is 13.2 Å². The lowest BCUT2D eigenvalue weighted by molar-refractivity contribution is -0.121. The van der Waals surface area contributed by atoms with Crippen LogP contribution in [0.3, 0.4) is 0 Å². The van der Waals surface area contributed by atoms with E-state index in [1.165, 1.54) is 14.2 Å². The first-order chi connectivity index (χ1) is 6.94. The molecule has 0 aliphatic carbocycles. The van der Waals surface area contributed by atoms with Crippen LogP contribution in [0.5, 0.6) is 0 Å². The Balaban J connectivity index is 3.97. The van der Waals surface area contributed by atoms with E-state index in [4.69, 9.17) is 4.74 Å². The van der Waals surface area contributed by atoms with Crippen molar-refractivity contribution in [1.29, 1.82) is 0 Å². The number of ether oxygens (including phenoxy) is 1. The molecule has 8 heteroatoms. The number of halogens is 1. The van der Waals surface area contributed by atoms with Crippen LogP contribution in [0.15, 0.2) is 0 Å². The lowest BCUT2D eigenvalue weighted by atomic mass is 10.5. The van der Waals surface area contributed by atoms with Crippen LogP contribution in [-0.2, 0) is 19.6 Å². The average molecular weight is 303 g/mol. The minimum absolute atomic E-state index is 0.183. The normalized spacial score (nSPS) is 11.7. The molecule has 0 aromatic rings. The van der Waals surface area contributed by atoms with Crippen LogP contribution in [0, 0.1) is 0 Å². The van der Waals surface area contributed by atoms with Crippen molar-refractivity contribution in [3.05, 3.63) is 0 Å². The van der Waals surface area contributed by atoms with Crippen molar-refractivity contribution in [2.24, 2.45) is 0 Å². The Labute approximate surface area is 98.1 Å². The summed E-state index contributed by atoms with van der Waals surface area (Å²) in [6.45, 7) is 0.593. The van der Waals surface area contributed by atoms with Crippen molar-refractivity contribution in [3.8, 4) is 0 Å². The van der Waals surface area contributed by atoms with Gasteiger partial charge in [-0.1, -0.05) is 15.9 Å². The lowest BCUT2D eigenvalue weighted by Crippen LogP contribution is -2.39. The van der Waals surface area contributed by atoms with Crippen molar-refractivity contribution in [2.75, 3.05) is 38.5 Å². The number of hydrogen-bond donors (Lipinski definition) is 1. The molecule has 0 saturated carbocycles. The van der Waals surface area contributed by atoms with E-state index < -0.39 is 10.0 Å². The highest BCUT2D eigenvalue weighted by Crippen LogP contribution is 2.00. The topological polar surface area (TPSA) is 75.7 Å². The molecule has 0 spiro atoms. The number of methoxy groups -OCH3 is 1. The predicted molar refractivity (Wildman–Crippen MR) is 60.2 cm³/mol. The van der Waals surface area contributed by atoms with Gasteiger partial charge < -0.3 is 10.1 Å². The molecule has 0 fully saturated rings. The molecule has 0 bridgehead atoms. The first kappa shape index (κ1) is 14.8. The van der Waals surface area contributed by atoms with E-state index in [2.05, 4.69) is 21.2 Å². The minimum Gasteiger partial charge on any atom is -0.383 e. The van der Waals surface area contributed by atoms with Crippen molar-refractivity contribution in [3.63, 3.8) is 0 Å². The van der Waals surface area contributed by atoms with Crippen LogP contribution < -0.4 is 5.32 Å². The SMILES string of the molecule is COCCNC(=O)CN(C)S(=O)(=O)CBr. The van der Waals surface area contributed by atoms with Gasteiger partial charge in [-0.3, -0.25) is 4.79 Å². The van der Waals surface area contributed by atoms with Gasteiger partial charge in [-0.2, -0.15) is 4.31 Å². The van der Waals surface area contributed by atoms with Crippen LogP contribution in [0.2, 0.25) is 0 Å². The maximum absolute atomic E-state index is 11.2. The minimum atomic E-state index is -3.37. The zero-order valence-electron chi connectivity index (χ0n) is 8.69. The summed E-state index contributed by atoms with van der Waals surface area (Å²) in [7, 11) is -0.491. The van der Waals surface area contributed by atoms with E-state index in [1.807, 2.05) is 0 Å². The molecule has 0 aliphatic rings. The Morgan fingerprint density at radius 2 is 2.13 bits per heavy atom. The van der Waals surface area contributed by atoms with Gasteiger partial charge >= 0.3 is 0 Å². The fourth-order valence-electron chi connectivity index (χ4n) is 0.732. The molecule has 15 heavy (non-hydrogen) atoms. The van der Waals surface area contributed by atoms with Gasteiger partial charge in [0.25, 0.3) is 0 Å². The fourth-order valence-corrected chi connectivity index (χ4v) is 2.26. The number of nitrogens with one attached hydrogen (secondary N) is 1. The van der Waals surface area contributed by atoms with Gasteiger partial charge in [0, 0.05) is 20.7 Å². The number of carbonyl (C=O) groups is 1. The molecule has 0 heterocycles. The largest absolute Gasteiger partial charge is 0.383 e. The van der Waals surface area contributed by atoms with Gasteiger partial charge in [-0.15, -0.1) is 0 Å². The molecule has 0 radical (unpaired) electrons. The molecule has 6 nitrogen and oxygen atoms in total. The average Bonchev–Trinajstić information content (AvgIpc) is 2.18. The molecule has 0 aromatic heterocycles. The van der Waals surface area contributed by atoms with E-state index in [9.17, 15) is 13.2 Å². The zero-order chi connectivity index (χ0) is 11.9.